The second kappa shape index (κ2) is 10.4. The quantitative estimate of drug-likeness (QED) is 0.272. The molecule has 0 atom stereocenters. The van der Waals surface area contributed by atoms with Gasteiger partial charge >= 0.3 is 0 Å². The number of nitrogens with zero attached hydrogens (tertiary/aromatic N) is 1. The summed E-state index contributed by atoms with van der Waals surface area (Å²) in [5.41, 5.74) is 1.62. The van der Waals surface area contributed by atoms with Crippen molar-refractivity contribution in [3.8, 4) is 10.4 Å². The van der Waals surface area contributed by atoms with Crippen LogP contribution in [-0.4, -0.2) is 16.3 Å². The fourth-order valence-corrected chi connectivity index (χ4v) is 5.39. The van der Waals surface area contributed by atoms with Crippen LogP contribution in [0.15, 0.2) is 53.5 Å². The van der Waals surface area contributed by atoms with Crippen molar-refractivity contribution in [2.75, 3.05) is 5.32 Å². The van der Waals surface area contributed by atoms with Crippen LogP contribution in [0.4, 0.5) is 14.5 Å². The maximum absolute atomic E-state index is 14.5. The zero-order valence-corrected chi connectivity index (χ0v) is 22.1. The van der Waals surface area contributed by atoms with Gasteiger partial charge in [-0.05, 0) is 42.3 Å². The number of rotatable bonds is 7. The molecule has 4 rings (SSSR count). The minimum Gasteiger partial charge on any atom is -0.334 e. The first-order chi connectivity index (χ1) is 17.5. The fourth-order valence-electron chi connectivity index (χ4n) is 4.10. The van der Waals surface area contributed by atoms with E-state index in [1.54, 1.807) is 30.5 Å². The van der Waals surface area contributed by atoms with E-state index < -0.39 is 17.6 Å². The number of anilines is 1. The van der Waals surface area contributed by atoms with Crippen LogP contribution in [0.3, 0.4) is 0 Å². The maximum Gasteiger partial charge on any atom is 0.226 e. The second-order valence-corrected chi connectivity index (χ2v) is 10.7. The Hall–Kier alpha value is -3.65. The number of nitrogens with one attached hydrogen (secondary N) is 1. The summed E-state index contributed by atoms with van der Waals surface area (Å²) in [6.45, 7) is 8.67. The summed E-state index contributed by atoms with van der Waals surface area (Å²) in [6, 6.07) is 10.9. The van der Waals surface area contributed by atoms with Crippen LogP contribution in [0.2, 0.25) is 0 Å². The van der Waals surface area contributed by atoms with Gasteiger partial charge in [-0.2, -0.15) is 0 Å². The number of hydrogen-bond acceptors (Lipinski definition) is 4. The molecule has 4 aromatic rings. The summed E-state index contributed by atoms with van der Waals surface area (Å²) in [4.78, 5) is 39.8. The summed E-state index contributed by atoms with van der Waals surface area (Å²) in [6.07, 6.45) is 1.42. The average molecular weight is 523 g/mol. The van der Waals surface area contributed by atoms with Crippen LogP contribution in [-0.2, 0) is 11.3 Å². The topological polar surface area (TPSA) is 68.2 Å². The van der Waals surface area contributed by atoms with E-state index >= 15 is 0 Å². The summed E-state index contributed by atoms with van der Waals surface area (Å²) in [5, 5.41) is 3.21. The Balaban J connectivity index is 1.89. The lowest BCUT2D eigenvalue weighted by atomic mass is 9.99. The highest BCUT2D eigenvalue weighted by Crippen LogP contribution is 2.38. The van der Waals surface area contributed by atoms with E-state index in [1.807, 2.05) is 32.9 Å². The van der Waals surface area contributed by atoms with E-state index in [0.717, 1.165) is 10.4 Å². The Bertz CT molecular complexity index is 1550. The summed E-state index contributed by atoms with van der Waals surface area (Å²) in [5.74, 6) is -2.39. The predicted octanol–water partition coefficient (Wildman–Crippen LogP) is 6.80. The zero-order chi connectivity index (χ0) is 27.0. The molecule has 2 aromatic carbocycles. The van der Waals surface area contributed by atoms with Crippen molar-refractivity contribution in [1.29, 1.82) is 0 Å². The van der Waals surface area contributed by atoms with E-state index in [9.17, 15) is 23.2 Å². The molecule has 0 bridgehead atoms. The SMILES string of the molecule is Cc1c(-c2ccc(NC(=O)C(C)C)cc2)sc2c1c(=O)c(C(=O)C(C)C)cn2Cc1c(F)cccc1F. The maximum atomic E-state index is 14.5. The number of amides is 1. The van der Waals surface area contributed by atoms with Gasteiger partial charge in [-0.25, -0.2) is 8.78 Å². The van der Waals surface area contributed by atoms with Gasteiger partial charge in [-0.15, -0.1) is 11.3 Å². The molecule has 37 heavy (non-hydrogen) atoms. The van der Waals surface area contributed by atoms with Crippen molar-refractivity contribution in [3.63, 3.8) is 0 Å². The number of halogens is 2. The van der Waals surface area contributed by atoms with Gasteiger partial charge in [0.2, 0.25) is 11.3 Å². The largest absolute Gasteiger partial charge is 0.334 e. The van der Waals surface area contributed by atoms with Crippen molar-refractivity contribution in [1.82, 2.24) is 4.57 Å². The molecule has 1 amide bonds. The highest BCUT2D eigenvalue weighted by Gasteiger charge is 2.23. The van der Waals surface area contributed by atoms with Gasteiger partial charge in [0.1, 0.15) is 16.5 Å². The molecule has 0 spiro atoms. The molecule has 8 heteroatoms. The minimum absolute atomic E-state index is 0.00144. The first kappa shape index (κ1) is 26.4. The lowest BCUT2D eigenvalue weighted by Crippen LogP contribution is -2.22. The molecule has 1 N–H and O–H groups in total. The number of carbonyl (C=O) groups excluding carboxylic acids is 2. The summed E-state index contributed by atoms with van der Waals surface area (Å²) >= 11 is 1.32. The smallest absolute Gasteiger partial charge is 0.226 e. The van der Waals surface area contributed by atoms with Gasteiger partial charge in [0.25, 0.3) is 0 Å². The Morgan fingerprint density at radius 2 is 1.59 bits per heavy atom. The van der Waals surface area contributed by atoms with E-state index in [1.165, 1.54) is 35.7 Å². The monoisotopic (exact) mass is 522 g/mol. The van der Waals surface area contributed by atoms with Gasteiger partial charge in [0.15, 0.2) is 5.78 Å². The minimum atomic E-state index is -0.698. The molecule has 2 heterocycles. The first-order valence-corrected chi connectivity index (χ1v) is 12.9. The van der Waals surface area contributed by atoms with Gasteiger partial charge in [0.05, 0.1) is 17.5 Å². The number of ketones is 1. The number of hydrogen-bond donors (Lipinski definition) is 1. The van der Waals surface area contributed by atoms with Gasteiger partial charge in [-0.1, -0.05) is 45.9 Å². The molecular weight excluding hydrogens is 494 g/mol. The number of aromatic nitrogens is 1. The van der Waals surface area contributed by atoms with Crippen molar-refractivity contribution in [2.45, 2.75) is 41.2 Å². The molecule has 0 unspecified atom stereocenters. The van der Waals surface area contributed by atoms with Gasteiger partial charge in [0, 0.05) is 34.2 Å². The number of aryl methyl sites for hydroxylation is 1. The number of benzene rings is 2. The number of fused-ring (bicyclic) bond motifs is 1. The van der Waals surface area contributed by atoms with Crippen LogP contribution in [0.5, 0.6) is 0 Å². The molecule has 0 saturated heterocycles. The lowest BCUT2D eigenvalue weighted by Gasteiger charge is -2.13. The second-order valence-electron chi connectivity index (χ2n) is 9.68. The summed E-state index contributed by atoms with van der Waals surface area (Å²) in [7, 11) is 0. The Morgan fingerprint density at radius 1 is 0.973 bits per heavy atom. The van der Waals surface area contributed by atoms with E-state index in [0.29, 0.717) is 21.5 Å². The third-order valence-electron chi connectivity index (χ3n) is 6.26. The molecule has 0 radical (unpaired) electrons. The average Bonchev–Trinajstić information content (AvgIpc) is 3.20. The number of thiophene rings is 1. The van der Waals surface area contributed by atoms with Gasteiger partial charge < -0.3 is 9.88 Å². The van der Waals surface area contributed by atoms with Crippen molar-refractivity contribution in [2.24, 2.45) is 11.8 Å². The van der Waals surface area contributed by atoms with Crippen molar-refractivity contribution >= 4 is 38.9 Å². The molecule has 5 nitrogen and oxygen atoms in total. The van der Waals surface area contributed by atoms with Crippen molar-refractivity contribution < 1.29 is 18.4 Å². The van der Waals surface area contributed by atoms with Crippen LogP contribution in [0, 0.1) is 30.4 Å². The third-order valence-corrected chi connectivity index (χ3v) is 7.64. The molecule has 0 aliphatic heterocycles. The van der Waals surface area contributed by atoms with Gasteiger partial charge in [-0.3, -0.25) is 14.4 Å². The first-order valence-electron chi connectivity index (χ1n) is 12.0. The predicted molar refractivity (Wildman–Crippen MR) is 144 cm³/mol. The molecule has 0 fully saturated rings. The van der Waals surface area contributed by atoms with Crippen LogP contribution in [0.25, 0.3) is 20.7 Å². The fraction of sp³-hybridized carbons (Fsp3) is 0.276. The zero-order valence-electron chi connectivity index (χ0n) is 21.3. The van der Waals surface area contributed by atoms with Crippen LogP contribution < -0.4 is 10.7 Å². The lowest BCUT2D eigenvalue weighted by molar-refractivity contribution is -0.118. The Labute approximate surface area is 217 Å². The normalized spacial score (nSPS) is 11.5. The molecule has 0 saturated carbocycles. The van der Waals surface area contributed by atoms with E-state index in [2.05, 4.69) is 5.32 Å². The van der Waals surface area contributed by atoms with Crippen molar-refractivity contribution in [3.05, 3.63) is 87.2 Å². The van der Waals surface area contributed by atoms with Crippen LogP contribution in [0.1, 0.15) is 49.2 Å². The number of pyridine rings is 1. The number of Topliss-reactive ketones (excluding diaryl/α,β-unsaturated/α-hetero) is 1. The highest BCUT2D eigenvalue weighted by atomic mass is 32.1. The molecule has 0 aliphatic rings. The highest BCUT2D eigenvalue weighted by molar-refractivity contribution is 7.22. The van der Waals surface area contributed by atoms with E-state index in [4.69, 9.17) is 0 Å². The Morgan fingerprint density at radius 3 is 2.16 bits per heavy atom. The number of carbonyl (C=O) groups is 2. The molecule has 0 aliphatic carbocycles. The molecular formula is C29H28F2N2O3S. The van der Waals surface area contributed by atoms with E-state index in [-0.39, 0.29) is 40.7 Å². The standard InChI is InChI=1S/C29H28F2N2O3S/c1-15(2)25(34)21-14-33(13-20-22(30)7-6-8-23(20)31)29-24(26(21)35)17(5)27(37-29)18-9-11-19(12-10-18)32-28(36)16(3)4/h6-12,14-16H,13H2,1-5H3,(H,32,36). The third kappa shape index (κ3) is 5.11. The molecule has 192 valence electrons. The Kier molecular flexibility index (Phi) is 7.41. The summed E-state index contributed by atoms with van der Waals surface area (Å²) < 4.78 is 30.6. The molecule has 2 aromatic heterocycles. The van der Waals surface area contributed by atoms with Crippen LogP contribution >= 0.6 is 11.3 Å².